The molecule has 164 valence electrons. The first-order valence-electron chi connectivity index (χ1n) is 10.00. The highest BCUT2D eigenvalue weighted by atomic mass is 19.1. The molecule has 1 atom stereocenters. The van der Waals surface area contributed by atoms with Gasteiger partial charge in [0.2, 0.25) is 0 Å². The van der Waals surface area contributed by atoms with Crippen LogP contribution in [0.2, 0.25) is 0 Å². The Morgan fingerprint density at radius 3 is 2.58 bits per heavy atom. The molecule has 1 aliphatic heterocycles. The highest BCUT2D eigenvalue weighted by Gasteiger charge is 2.26. The second-order valence-corrected chi connectivity index (χ2v) is 7.53. The zero-order valence-corrected chi connectivity index (χ0v) is 17.4. The fourth-order valence-electron chi connectivity index (χ4n) is 3.60. The van der Waals surface area contributed by atoms with Crippen molar-refractivity contribution in [2.24, 2.45) is 0 Å². The van der Waals surface area contributed by atoms with Crippen LogP contribution in [0.4, 0.5) is 15.8 Å². The van der Waals surface area contributed by atoms with E-state index in [1.807, 2.05) is 4.90 Å². The van der Waals surface area contributed by atoms with Crippen molar-refractivity contribution in [3.63, 3.8) is 0 Å². The van der Waals surface area contributed by atoms with Gasteiger partial charge in [-0.2, -0.15) is 0 Å². The highest BCUT2D eigenvalue weighted by Crippen LogP contribution is 2.32. The third-order valence-corrected chi connectivity index (χ3v) is 5.17. The number of halogens is 1. The molecule has 3 rings (SSSR count). The van der Waals surface area contributed by atoms with Crippen molar-refractivity contribution in [3.05, 3.63) is 69.5 Å². The maximum Gasteiger partial charge on any atom is 0.339 e. The molecule has 9 heteroatoms. The van der Waals surface area contributed by atoms with Crippen molar-refractivity contribution >= 4 is 23.3 Å². The first-order chi connectivity index (χ1) is 14.8. The zero-order chi connectivity index (χ0) is 22.5. The van der Waals surface area contributed by atoms with E-state index in [1.54, 1.807) is 18.2 Å². The van der Waals surface area contributed by atoms with E-state index in [0.29, 0.717) is 11.3 Å². The Balaban J connectivity index is 1.67. The fraction of sp³-hybridized carbons (Fsp3) is 0.364. The van der Waals surface area contributed by atoms with Gasteiger partial charge in [-0.05, 0) is 49.6 Å². The molecule has 1 aliphatic rings. The van der Waals surface area contributed by atoms with Crippen LogP contribution in [0, 0.1) is 15.9 Å². The van der Waals surface area contributed by atoms with Crippen LogP contribution in [-0.2, 0) is 16.1 Å². The number of carbonyl (C=O) groups excluding carboxylic acids is 2. The van der Waals surface area contributed by atoms with Gasteiger partial charge in [-0.25, -0.2) is 9.18 Å². The lowest BCUT2D eigenvalue weighted by molar-refractivity contribution is -0.384. The van der Waals surface area contributed by atoms with Gasteiger partial charge in [-0.1, -0.05) is 12.1 Å². The molecule has 1 saturated heterocycles. The van der Waals surface area contributed by atoms with E-state index in [0.717, 1.165) is 25.9 Å². The predicted octanol–water partition coefficient (Wildman–Crippen LogP) is 3.54. The fourth-order valence-corrected chi connectivity index (χ4v) is 3.60. The van der Waals surface area contributed by atoms with Gasteiger partial charge in [-0.3, -0.25) is 14.9 Å². The summed E-state index contributed by atoms with van der Waals surface area (Å²) in [6.07, 6.45) is 0.816. The molecule has 1 unspecified atom stereocenters. The van der Waals surface area contributed by atoms with Crippen molar-refractivity contribution in [2.75, 3.05) is 25.0 Å². The molecule has 0 saturated carbocycles. The molecule has 0 aliphatic carbocycles. The number of hydrogen-bond acceptors (Lipinski definition) is 6. The monoisotopic (exact) mass is 429 g/mol. The molecule has 1 heterocycles. The summed E-state index contributed by atoms with van der Waals surface area (Å²) in [6.45, 7) is 3.03. The maximum absolute atomic E-state index is 13.3. The number of carbonyl (C=O) groups is 2. The Hall–Kier alpha value is -3.49. The van der Waals surface area contributed by atoms with Gasteiger partial charge >= 0.3 is 5.97 Å². The topological polar surface area (TPSA) is 93.0 Å². The van der Waals surface area contributed by atoms with E-state index in [2.05, 4.69) is 0 Å². The van der Waals surface area contributed by atoms with Crippen molar-refractivity contribution in [3.8, 4) is 0 Å². The minimum absolute atomic E-state index is 0.00193. The molecule has 1 amide bonds. The SMILES string of the molecule is CC(OC(=O)c1ccc(N2CCCC2)c([N+](=O)[O-])c1)C(=O)N(C)Cc1cccc(F)c1. The summed E-state index contributed by atoms with van der Waals surface area (Å²) < 4.78 is 18.6. The lowest BCUT2D eigenvalue weighted by Gasteiger charge is -2.22. The van der Waals surface area contributed by atoms with Gasteiger partial charge in [0.25, 0.3) is 11.6 Å². The van der Waals surface area contributed by atoms with E-state index >= 15 is 0 Å². The summed E-state index contributed by atoms with van der Waals surface area (Å²) in [5, 5.41) is 11.5. The van der Waals surface area contributed by atoms with E-state index in [-0.39, 0.29) is 17.8 Å². The van der Waals surface area contributed by atoms with Crippen molar-refractivity contribution in [1.29, 1.82) is 0 Å². The van der Waals surface area contributed by atoms with Crippen LogP contribution < -0.4 is 4.90 Å². The molecule has 0 bridgehead atoms. The average molecular weight is 429 g/mol. The summed E-state index contributed by atoms with van der Waals surface area (Å²) in [7, 11) is 1.52. The summed E-state index contributed by atoms with van der Waals surface area (Å²) in [4.78, 5) is 39.3. The van der Waals surface area contributed by atoms with Crippen molar-refractivity contribution < 1.29 is 23.6 Å². The Labute approximate surface area is 179 Å². The lowest BCUT2D eigenvalue weighted by Crippen LogP contribution is -2.37. The standard InChI is InChI=1S/C22H24FN3O5/c1-15(21(27)24(2)14-16-6-5-7-18(23)12-16)31-22(28)17-8-9-19(20(13-17)26(29)30)25-10-3-4-11-25/h5-9,12-13,15H,3-4,10-11,14H2,1-2H3. The summed E-state index contributed by atoms with van der Waals surface area (Å²) in [5.74, 6) is -1.70. The van der Waals surface area contributed by atoms with E-state index in [1.165, 1.54) is 43.1 Å². The predicted molar refractivity (Wildman–Crippen MR) is 112 cm³/mol. The van der Waals surface area contributed by atoms with Crippen molar-refractivity contribution in [1.82, 2.24) is 4.90 Å². The molecular weight excluding hydrogens is 405 g/mol. The van der Waals surface area contributed by atoms with Crippen LogP contribution in [0.5, 0.6) is 0 Å². The number of hydrogen-bond donors (Lipinski definition) is 0. The molecular formula is C22H24FN3O5. The molecule has 8 nitrogen and oxygen atoms in total. The summed E-state index contributed by atoms with van der Waals surface area (Å²) in [5.41, 5.74) is 0.904. The smallest absolute Gasteiger partial charge is 0.339 e. The molecule has 2 aromatic rings. The van der Waals surface area contributed by atoms with E-state index in [4.69, 9.17) is 4.74 Å². The van der Waals surface area contributed by atoms with Gasteiger partial charge in [0.05, 0.1) is 10.5 Å². The van der Waals surface area contributed by atoms with E-state index in [9.17, 15) is 24.1 Å². The largest absolute Gasteiger partial charge is 0.449 e. The Kier molecular flexibility index (Phi) is 6.84. The Morgan fingerprint density at radius 2 is 1.94 bits per heavy atom. The molecule has 0 aromatic heterocycles. The number of likely N-dealkylation sites (N-methyl/N-ethyl adjacent to an activating group) is 1. The van der Waals surface area contributed by atoms with E-state index < -0.39 is 28.7 Å². The third kappa shape index (κ3) is 5.36. The van der Waals surface area contributed by atoms with Gasteiger partial charge in [-0.15, -0.1) is 0 Å². The first-order valence-corrected chi connectivity index (χ1v) is 10.00. The second kappa shape index (κ2) is 9.55. The van der Waals surface area contributed by atoms with Gasteiger partial charge in [0.1, 0.15) is 11.5 Å². The van der Waals surface area contributed by atoms with Gasteiger partial charge in [0, 0.05) is 32.7 Å². The lowest BCUT2D eigenvalue weighted by atomic mass is 10.1. The highest BCUT2D eigenvalue weighted by molar-refractivity contribution is 5.93. The number of anilines is 1. The number of nitro groups is 1. The zero-order valence-electron chi connectivity index (χ0n) is 17.4. The first kappa shape index (κ1) is 22.2. The molecule has 0 N–H and O–H groups in total. The van der Waals surface area contributed by atoms with Crippen LogP contribution >= 0.6 is 0 Å². The number of amides is 1. The molecule has 0 spiro atoms. The van der Waals surface area contributed by atoms with Crippen LogP contribution in [0.25, 0.3) is 0 Å². The number of rotatable bonds is 7. The number of benzene rings is 2. The van der Waals surface area contributed by atoms with Crippen LogP contribution in [0.15, 0.2) is 42.5 Å². The number of esters is 1. The van der Waals surface area contributed by atoms with Crippen molar-refractivity contribution in [2.45, 2.75) is 32.4 Å². The molecule has 31 heavy (non-hydrogen) atoms. The van der Waals surface area contributed by atoms with Gasteiger partial charge < -0.3 is 14.5 Å². The van der Waals surface area contributed by atoms with Gasteiger partial charge in [0.15, 0.2) is 6.10 Å². The minimum atomic E-state index is -1.11. The third-order valence-electron chi connectivity index (χ3n) is 5.17. The summed E-state index contributed by atoms with van der Waals surface area (Å²) >= 11 is 0. The number of nitro benzene ring substituents is 1. The average Bonchev–Trinajstić information content (AvgIpc) is 3.27. The molecule has 2 aromatic carbocycles. The second-order valence-electron chi connectivity index (χ2n) is 7.53. The maximum atomic E-state index is 13.3. The van der Waals surface area contributed by atoms with Crippen LogP contribution in [-0.4, -0.2) is 47.9 Å². The normalized spacial score (nSPS) is 14.2. The number of nitrogens with zero attached hydrogens (tertiary/aromatic N) is 3. The minimum Gasteiger partial charge on any atom is -0.449 e. The Bertz CT molecular complexity index is 991. The van der Waals surface area contributed by atoms with Crippen LogP contribution in [0.3, 0.4) is 0 Å². The summed E-state index contributed by atoms with van der Waals surface area (Å²) in [6, 6.07) is 10.1. The molecule has 0 radical (unpaired) electrons. The Morgan fingerprint density at radius 1 is 1.23 bits per heavy atom. The van der Waals surface area contributed by atoms with Crippen LogP contribution in [0.1, 0.15) is 35.7 Å². The molecule has 1 fully saturated rings. The quantitative estimate of drug-likeness (QED) is 0.380. The number of ether oxygens (including phenoxy) is 1.